The van der Waals surface area contributed by atoms with Crippen LogP contribution in [0.3, 0.4) is 0 Å². The zero-order valence-corrected chi connectivity index (χ0v) is 13.4. The number of amides is 1. The van der Waals surface area contributed by atoms with Crippen LogP contribution in [-0.2, 0) is 24.3 Å². The van der Waals surface area contributed by atoms with Gasteiger partial charge in [0, 0.05) is 49.1 Å². The third-order valence-corrected chi connectivity index (χ3v) is 4.46. The SMILES string of the molecule is O=C(CCl)N(Cc1c(F)cc(F)cc1F)C1CCn2ccnc2C1. The molecule has 0 spiro atoms. The second-order valence-electron chi connectivity index (χ2n) is 5.69. The second-order valence-corrected chi connectivity index (χ2v) is 5.95. The van der Waals surface area contributed by atoms with E-state index in [9.17, 15) is 18.0 Å². The van der Waals surface area contributed by atoms with Crippen LogP contribution in [0.2, 0.25) is 0 Å². The second kappa shape index (κ2) is 6.84. The van der Waals surface area contributed by atoms with Crippen molar-refractivity contribution in [2.45, 2.75) is 32.0 Å². The Kier molecular flexibility index (Phi) is 4.80. The molecule has 2 heterocycles. The predicted molar refractivity (Wildman–Crippen MR) is 81.9 cm³/mol. The van der Waals surface area contributed by atoms with Crippen molar-refractivity contribution in [3.8, 4) is 0 Å². The molecule has 0 aliphatic carbocycles. The molecule has 1 unspecified atom stereocenters. The third-order valence-electron chi connectivity index (χ3n) is 4.23. The predicted octanol–water partition coefficient (Wildman–Crippen LogP) is 2.88. The highest BCUT2D eigenvalue weighted by Crippen LogP contribution is 2.23. The Morgan fingerprint density at radius 2 is 2.04 bits per heavy atom. The maximum absolute atomic E-state index is 13.9. The molecule has 1 atom stereocenters. The van der Waals surface area contributed by atoms with E-state index in [0.29, 0.717) is 31.5 Å². The first kappa shape index (κ1) is 16.8. The summed E-state index contributed by atoms with van der Waals surface area (Å²) in [6, 6.07) is 0.944. The molecule has 2 aromatic rings. The number of nitrogens with zero attached hydrogens (tertiary/aromatic N) is 3. The molecule has 0 fully saturated rings. The van der Waals surface area contributed by atoms with Crippen LogP contribution in [0, 0.1) is 17.5 Å². The summed E-state index contributed by atoms with van der Waals surface area (Å²) in [6.07, 6.45) is 4.61. The van der Waals surface area contributed by atoms with Crippen molar-refractivity contribution in [1.82, 2.24) is 14.5 Å². The number of aryl methyl sites for hydroxylation is 1. The summed E-state index contributed by atoms with van der Waals surface area (Å²) < 4.78 is 42.9. The molecule has 3 rings (SSSR count). The smallest absolute Gasteiger partial charge is 0.238 e. The fourth-order valence-corrected chi connectivity index (χ4v) is 3.15. The monoisotopic (exact) mass is 357 g/mol. The quantitative estimate of drug-likeness (QED) is 0.789. The lowest BCUT2D eigenvalue weighted by atomic mass is 10.0. The summed E-state index contributed by atoms with van der Waals surface area (Å²) >= 11 is 5.66. The van der Waals surface area contributed by atoms with E-state index in [4.69, 9.17) is 11.6 Å². The van der Waals surface area contributed by atoms with E-state index >= 15 is 0 Å². The Morgan fingerprint density at radius 3 is 2.71 bits per heavy atom. The summed E-state index contributed by atoms with van der Waals surface area (Å²) in [5.74, 6) is -2.95. The fraction of sp³-hybridized carbons (Fsp3) is 0.375. The van der Waals surface area contributed by atoms with Crippen LogP contribution >= 0.6 is 11.6 Å². The van der Waals surface area contributed by atoms with Crippen molar-refractivity contribution in [3.63, 3.8) is 0 Å². The summed E-state index contributed by atoms with van der Waals surface area (Å²) in [5, 5.41) is 0. The molecular weight excluding hydrogens is 343 g/mol. The van der Waals surface area contributed by atoms with Gasteiger partial charge >= 0.3 is 0 Å². The van der Waals surface area contributed by atoms with Gasteiger partial charge in [-0.2, -0.15) is 0 Å². The number of carbonyl (C=O) groups is 1. The van der Waals surface area contributed by atoms with Gasteiger partial charge in [0.2, 0.25) is 5.91 Å². The van der Waals surface area contributed by atoms with Crippen LogP contribution in [0.15, 0.2) is 24.5 Å². The first-order valence-corrected chi connectivity index (χ1v) is 8.02. The van der Waals surface area contributed by atoms with Crippen LogP contribution < -0.4 is 0 Å². The van der Waals surface area contributed by atoms with Crippen molar-refractivity contribution in [2.75, 3.05) is 5.88 Å². The molecule has 4 nitrogen and oxygen atoms in total. The number of halogens is 4. The van der Waals surface area contributed by atoms with Crippen molar-refractivity contribution < 1.29 is 18.0 Å². The topological polar surface area (TPSA) is 38.1 Å². The van der Waals surface area contributed by atoms with Crippen LogP contribution in [0.1, 0.15) is 17.8 Å². The van der Waals surface area contributed by atoms with Crippen LogP contribution in [0.25, 0.3) is 0 Å². The van der Waals surface area contributed by atoms with Gasteiger partial charge in [-0.25, -0.2) is 18.2 Å². The van der Waals surface area contributed by atoms with Gasteiger partial charge in [0.05, 0.1) is 6.54 Å². The Balaban J connectivity index is 1.87. The molecule has 1 aliphatic heterocycles. The number of aromatic nitrogens is 2. The minimum Gasteiger partial charge on any atom is -0.335 e. The van der Waals surface area contributed by atoms with E-state index in [1.165, 1.54) is 4.90 Å². The maximum Gasteiger partial charge on any atom is 0.238 e. The van der Waals surface area contributed by atoms with Gasteiger partial charge in [0.1, 0.15) is 29.2 Å². The van der Waals surface area contributed by atoms with Crippen LogP contribution in [0.5, 0.6) is 0 Å². The van der Waals surface area contributed by atoms with E-state index in [0.717, 1.165) is 5.82 Å². The van der Waals surface area contributed by atoms with Crippen molar-refractivity contribution in [3.05, 3.63) is 53.4 Å². The van der Waals surface area contributed by atoms with Crippen molar-refractivity contribution in [2.24, 2.45) is 0 Å². The van der Waals surface area contributed by atoms with Crippen molar-refractivity contribution >= 4 is 17.5 Å². The number of hydrogen-bond acceptors (Lipinski definition) is 2. The summed E-state index contributed by atoms with van der Waals surface area (Å²) in [5.41, 5.74) is -0.344. The molecule has 128 valence electrons. The number of hydrogen-bond donors (Lipinski definition) is 0. The van der Waals surface area contributed by atoms with Gasteiger partial charge in [-0.15, -0.1) is 11.6 Å². The number of carbonyl (C=O) groups excluding carboxylic acids is 1. The first-order chi connectivity index (χ1) is 11.5. The molecule has 1 aromatic carbocycles. The zero-order valence-electron chi connectivity index (χ0n) is 12.7. The Hall–Kier alpha value is -2.02. The lowest BCUT2D eigenvalue weighted by molar-refractivity contribution is -0.132. The van der Waals surface area contributed by atoms with Gasteiger partial charge in [-0.05, 0) is 6.42 Å². The van der Waals surface area contributed by atoms with Gasteiger partial charge in [0.15, 0.2) is 0 Å². The summed E-state index contributed by atoms with van der Waals surface area (Å²) in [6.45, 7) is 0.356. The number of rotatable bonds is 4. The molecule has 1 aromatic heterocycles. The average molecular weight is 358 g/mol. The average Bonchev–Trinajstić information content (AvgIpc) is 3.01. The van der Waals surface area contributed by atoms with Crippen LogP contribution in [-0.4, -0.2) is 32.3 Å². The molecule has 0 radical (unpaired) electrons. The van der Waals surface area contributed by atoms with Gasteiger partial charge in [-0.3, -0.25) is 4.79 Å². The molecule has 1 amide bonds. The van der Waals surface area contributed by atoms with E-state index < -0.39 is 23.4 Å². The standard InChI is InChI=1S/C16H15ClF3N3O/c17-8-16(24)23(9-12-13(19)5-10(18)6-14(12)20)11-1-3-22-4-2-21-15(22)7-11/h2,4-6,11H,1,3,7-9H2. The molecule has 0 saturated carbocycles. The number of fused-ring (bicyclic) bond motifs is 1. The molecule has 1 aliphatic rings. The number of benzene rings is 1. The van der Waals surface area contributed by atoms with E-state index in [2.05, 4.69) is 4.98 Å². The Morgan fingerprint density at radius 1 is 1.33 bits per heavy atom. The van der Waals surface area contributed by atoms with Gasteiger partial charge in [-0.1, -0.05) is 0 Å². The number of imidazole rings is 1. The lowest BCUT2D eigenvalue weighted by Crippen LogP contribution is -2.44. The zero-order chi connectivity index (χ0) is 17.3. The first-order valence-electron chi connectivity index (χ1n) is 7.48. The maximum atomic E-state index is 13.9. The highest BCUT2D eigenvalue weighted by atomic mass is 35.5. The fourth-order valence-electron chi connectivity index (χ4n) is 2.99. The number of alkyl halides is 1. The molecular formula is C16H15ClF3N3O. The van der Waals surface area contributed by atoms with Crippen molar-refractivity contribution in [1.29, 1.82) is 0 Å². The minimum atomic E-state index is -1.02. The molecule has 0 saturated heterocycles. The molecule has 0 N–H and O–H groups in total. The molecule has 0 bridgehead atoms. The largest absolute Gasteiger partial charge is 0.335 e. The van der Waals surface area contributed by atoms with E-state index in [1.54, 1.807) is 6.20 Å². The molecule has 24 heavy (non-hydrogen) atoms. The lowest BCUT2D eigenvalue weighted by Gasteiger charge is -2.34. The minimum absolute atomic E-state index is 0.269. The Bertz CT molecular complexity index is 742. The normalized spacial score (nSPS) is 16.8. The third kappa shape index (κ3) is 3.26. The summed E-state index contributed by atoms with van der Waals surface area (Å²) in [7, 11) is 0. The van der Waals surface area contributed by atoms with E-state index in [-0.39, 0.29) is 24.0 Å². The molecule has 8 heteroatoms. The highest BCUT2D eigenvalue weighted by molar-refractivity contribution is 6.27. The Labute approximate surface area is 141 Å². The highest BCUT2D eigenvalue weighted by Gasteiger charge is 2.29. The van der Waals surface area contributed by atoms with Gasteiger partial charge in [0.25, 0.3) is 0 Å². The van der Waals surface area contributed by atoms with E-state index in [1.807, 2.05) is 10.8 Å². The summed E-state index contributed by atoms with van der Waals surface area (Å²) in [4.78, 5) is 17.8. The van der Waals surface area contributed by atoms with Crippen LogP contribution in [0.4, 0.5) is 13.2 Å². The van der Waals surface area contributed by atoms with Gasteiger partial charge < -0.3 is 9.47 Å².